The van der Waals surface area contributed by atoms with E-state index in [1.54, 1.807) is 0 Å². The summed E-state index contributed by atoms with van der Waals surface area (Å²) in [5.41, 5.74) is 1.46. The molecule has 2 aromatic carbocycles. The van der Waals surface area contributed by atoms with Crippen LogP contribution in [-0.2, 0) is 0 Å². The number of aliphatic hydroxyl groups is 1. The molecule has 1 fully saturated rings. The predicted octanol–water partition coefficient (Wildman–Crippen LogP) is 4.04. The van der Waals surface area contributed by atoms with Crippen LogP contribution >= 0.6 is 0 Å². The van der Waals surface area contributed by atoms with Gasteiger partial charge in [-0.05, 0) is 36.1 Å². The van der Waals surface area contributed by atoms with Gasteiger partial charge in [0.1, 0.15) is 0 Å². The summed E-state index contributed by atoms with van der Waals surface area (Å²) in [7, 11) is 0. The van der Waals surface area contributed by atoms with Crippen molar-refractivity contribution in [2.75, 3.05) is 13.2 Å². The summed E-state index contributed by atoms with van der Waals surface area (Å²) in [6.45, 7) is 3.44. The fraction of sp³-hybridized carbons (Fsp3) is 0.474. The van der Waals surface area contributed by atoms with Crippen molar-refractivity contribution in [3.63, 3.8) is 0 Å². The third kappa shape index (κ3) is 2.97. The largest absolute Gasteiger partial charge is 0.396 e. The van der Waals surface area contributed by atoms with E-state index < -0.39 is 0 Å². The molecule has 1 unspecified atom stereocenters. The van der Waals surface area contributed by atoms with Gasteiger partial charge in [0.15, 0.2) is 0 Å². The molecule has 112 valence electrons. The highest BCUT2D eigenvalue weighted by Gasteiger charge is 2.33. The van der Waals surface area contributed by atoms with Gasteiger partial charge in [0.2, 0.25) is 0 Å². The number of nitrogens with one attached hydrogen (secondary N) is 1. The quantitative estimate of drug-likeness (QED) is 0.868. The lowest BCUT2D eigenvalue weighted by molar-refractivity contribution is 0.125. The maximum absolute atomic E-state index is 9.73. The van der Waals surface area contributed by atoms with Crippen molar-refractivity contribution in [2.24, 2.45) is 5.41 Å². The van der Waals surface area contributed by atoms with Crippen molar-refractivity contribution in [1.29, 1.82) is 0 Å². The van der Waals surface area contributed by atoms with E-state index in [2.05, 4.69) is 54.7 Å². The lowest BCUT2D eigenvalue weighted by Gasteiger charge is -2.29. The van der Waals surface area contributed by atoms with Gasteiger partial charge in [-0.25, -0.2) is 0 Å². The van der Waals surface area contributed by atoms with E-state index in [1.165, 1.54) is 29.2 Å². The Balaban J connectivity index is 1.76. The van der Waals surface area contributed by atoms with Gasteiger partial charge in [-0.2, -0.15) is 0 Å². The Morgan fingerprint density at radius 1 is 1.10 bits per heavy atom. The number of rotatable bonds is 5. The van der Waals surface area contributed by atoms with Gasteiger partial charge in [-0.15, -0.1) is 0 Å². The minimum Gasteiger partial charge on any atom is -0.396 e. The first-order chi connectivity index (χ1) is 10.2. The van der Waals surface area contributed by atoms with Crippen LogP contribution in [0, 0.1) is 5.41 Å². The molecular formula is C19H25NO. The Bertz CT molecular complexity index is 596. The molecule has 0 radical (unpaired) electrons. The first kappa shape index (κ1) is 14.6. The molecule has 1 aliphatic rings. The van der Waals surface area contributed by atoms with Gasteiger partial charge in [0, 0.05) is 24.6 Å². The molecule has 0 amide bonds. The monoisotopic (exact) mass is 283 g/mol. The number of hydrogen-bond acceptors (Lipinski definition) is 2. The van der Waals surface area contributed by atoms with Crippen molar-refractivity contribution in [3.05, 3.63) is 48.0 Å². The standard InChI is InChI=1S/C19H25NO/c1-15(20-13-19(14-21)11-4-5-12-19)17-10-6-8-16-7-2-3-9-18(16)17/h2-3,6-10,15,20-21H,4-5,11-14H2,1H3. The van der Waals surface area contributed by atoms with E-state index in [0.717, 1.165) is 19.4 Å². The lowest BCUT2D eigenvalue weighted by atomic mass is 9.86. The molecule has 2 N–H and O–H groups in total. The van der Waals surface area contributed by atoms with E-state index in [0.29, 0.717) is 12.6 Å². The van der Waals surface area contributed by atoms with Gasteiger partial charge in [-0.1, -0.05) is 55.3 Å². The lowest BCUT2D eigenvalue weighted by Crippen LogP contribution is -2.36. The number of aliphatic hydroxyl groups excluding tert-OH is 1. The molecule has 3 rings (SSSR count). The summed E-state index contributed by atoms with van der Waals surface area (Å²) < 4.78 is 0. The summed E-state index contributed by atoms with van der Waals surface area (Å²) in [6, 6.07) is 15.4. The third-order valence-electron chi connectivity index (χ3n) is 5.07. The molecule has 0 aliphatic heterocycles. The Morgan fingerprint density at radius 2 is 1.81 bits per heavy atom. The van der Waals surface area contributed by atoms with Crippen LogP contribution in [0.5, 0.6) is 0 Å². The smallest absolute Gasteiger partial charge is 0.0499 e. The van der Waals surface area contributed by atoms with Crippen LogP contribution < -0.4 is 5.32 Å². The summed E-state index contributed by atoms with van der Waals surface area (Å²) >= 11 is 0. The molecule has 0 spiro atoms. The number of benzene rings is 2. The molecule has 2 nitrogen and oxygen atoms in total. The molecule has 2 heteroatoms. The second kappa shape index (κ2) is 6.17. The summed E-state index contributed by atoms with van der Waals surface area (Å²) in [6.07, 6.45) is 4.81. The second-order valence-corrected chi connectivity index (χ2v) is 6.54. The minimum atomic E-state index is 0.110. The van der Waals surface area contributed by atoms with Gasteiger partial charge in [-0.3, -0.25) is 0 Å². The Labute approximate surface area is 127 Å². The van der Waals surface area contributed by atoms with Crippen molar-refractivity contribution in [2.45, 2.75) is 38.6 Å². The van der Waals surface area contributed by atoms with Crippen molar-refractivity contribution >= 4 is 10.8 Å². The van der Waals surface area contributed by atoms with Crippen LogP contribution in [0.1, 0.15) is 44.2 Å². The van der Waals surface area contributed by atoms with Crippen LogP contribution in [-0.4, -0.2) is 18.3 Å². The maximum Gasteiger partial charge on any atom is 0.0499 e. The molecular weight excluding hydrogens is 258 g/mol. The fourth-order valence-corrected chi connectivity index (χ4v) is 3.62. The number of hydrogen-bond donors (Lipinski definition) is 2. The van der Waals surface area contributed by atoms with E-state index in [9.17, 15) is 5.11 Å². The van der Waals surface area contributed by atoms with Crippen LogP contribution in [0.4, 0.5) is 0 Å². The Hall–Kier alpha value is -1.38. The molecule has 2 aromatic rings. The first-order valence-corrected chi connectivity index (χ1v) is 8.06. The van der Waals surface area contributed by atoms with Crippen LogP contribution in [0.3, 0.4) is 0 Å². The van der Waals surface area contributed by atoms with E-state index >= 15 is 0 Å². The predicted molar refractivity (Wildman–Crippen MR) is 88.4 cm³/mol. The molecule has 0 heterocycles. The first-order valence-electron chi connectivity index (χ1n) is 8.06. The molecule has 0 saturated heterocycles. The molecule has 1 saturated carbocycles. The molecule has 21 heavy (non-hydrogen) atoms. The normalized spacial score (nSPS) is 19.0. The van der Waals surface area contributed by atoms with Gasteiger partial charge < -0.3 is 10.4 Å². The molecule has 1 atom stereocenters. The Kier molecular flexibility index (Phi) is 4.27. The number of fused-ring (bicyclic) bond motifs is 1. The second-order valence-electron chi connectivity index (χ2n) is 6.54. The summed E-state index contributed by atoms with van der Waals surface area (Å²) in [5, 5.41) is 16.0. The molecule has 1 aliphatic carbocycles. The topological polar surface area (TPSA) is 32.3 Å². The maximum atomic E-state index is 9.73. The fourth-order valence-electron chi connectivity index (χ4n) is 3.62. The molecule has 0 aromatic heterocycles. The highest BCUT2D eigenvalue weighted by Crippen LogP contribution is 2.37. The van der Waals surface area contributed by atoms with Crippen LogP contribution in [0.15, 0.2) is 42.5 Å². The average molecular weight is 283 g/mol. The zero-order valence-electron chi connectivity index (χ0n) is 12.8. The zero-order chi connectivity index (χ0) is 14.7. The third-order valence-corrected chi connectivity index (χ3v) is 5.07. The highest BCUT2D eigenvalue weighted by atomic mass is 16.3. The zero-order valence-corrected chi connectivity index (χ0v) is 12.8. The van der Waals surface area contributed by atoms with E-state index in [1.807, 2.05) is 0 Å². The van der Waals surface area contributed by atoms with E-state index in [-0.39, 0.29) is 5.41 Å². The molecule has 0 bridgehead atoms. The van der Waals surface area contributed by atoms with Gasteiger partial charge in [0.05, 0.1) is 0 Å². The Morgan fingerprint density at radius 3 is 2.57 bits per heavy atom. The summed E-state index contributed by atoms with van der Waals surface area (Å²) in [5.74, 6) is 0. The summed E-state index contributed by atoms with van der Waals surface area (Å²) in [4.78, 5) is 0. The van der Waals surface area contributed by atoms with Crippen molar-refractivity contribution in [1.82, 2.24) is 5.32 Å². The average Bonchev–Trinajstić information content (AvgIpc) is 3.01. The SMILES string of the molecule is CC(NCC1(CO)CCCC1)c1cccc2ccccc12. The van der Waals surface area contributed by atoms with Crippen LogP contribution in [0.2, 0.25) is 0 Å². The van der Waals surface area contributed by atoms with E-state index in [4.69, 9.17) is 0 Å². The van der Waals surface area contributed by atoms with Crippen molar-refractivity contribution in [3.8, 4) is 0 Å². The highest BCUT2D eigenvalue weighted by molar-refractivity contribution is 5.86. The van der Waals surface area contributed by atoms with Gasteiger partial charge >= 0.3 is 0 Å². The van der Waals surface area contributed by atoms with Gasteiger partial charge in [0.25, 0.3) is 0 Å². The van der Waals surface area contributed by atoms with Crippen molar-refractivity contribution < 1.29 is 5.11 Å². The van der Waals surface area contributed by atoms with Crippen LogP contribution in [0.25, 0.3) is 10.8 Å². The minimum absolute atomic E-state index is 0.110.